The van der Waals surface area contributed by atoms with E-state index in [1.54, 1.807) is 0 Å². The molecule has 1 unspecified atom stereocenters. The molecule has 2 rings (SSSR count). The molecule has 2 fully saturated rings. The molecule has 2 aliphatic rings. The standard InChI is InChI=1S/C13H23BrO/c14-11-13(9-5-6-10-15-13)12-7-3-1-2-4-8-12/h12H,1-11H2. The van der Waals surface area contributed by atoms with Gasteiger partial charge in [0.2, 0.25) is 0 Å². The Morgan fingerprint density at radius 1 is 1.00 bits per heavy atom. The fourth-order valence-corrected chi connectivity index (χ4v) is 4.12. The zero-order valence-electron chi connectivity index (χ0n) is 9.64. The van der Waals surface area contributed by atoms with Crippen LogP contribution in [0.15, 0.2) is 0 Å². The van der Waals surface area contributed by atoms with Crippen LogP contribution in [0.3, 0.4) is 0 Å². The number of halogens is 1. The summed E-state index contributed by atoms with van der Waals surface area (Å²) in [5.41, 5.74) is 0.197. The number of rotatable bonds is 2. The molecule has 1 atom stereocenters. The van der Waals surface area contributed by atoms with Gasteiger partial charge >= 0.3 is 0 Å². The average molecular weight is 275 g/mol. The molecule has 0 aromatic rings. The molecule has 0 spiro atoms. The van der Waals surface area contributed by atoms with Gasteiger partial charge in [0.25, 0.3) is 0 Å². The Labute approximate surface area is 102 Å². The molecular weight excluding hydrogens is 252 g/mol. The summed E-state index contributed by atoms with van der Waals surface area (Å²) in [6.45, 7) is 0.988. The quantitative estimate of drug-likeness (QED) is 0.539. The molecule has 0 bridgehead atoms. The first-order chi connectivity index (χ1) is 7.37. The van der Waals surface area contributed by atoms with E-state index < -0.39 is 0 Å². The largest absolute Gasteiger partial charge is 0.374 e. The lowest BCUT2D eigenvalue weighted by atomic mass is 9.78. The van der Waals surface area contributed by atoms with Crippen molar-refractivity contribution in [2.75, 3.05) is 11.9 Å². The second-order valence-electron chi connectivity index (χ2n) is 5.19. The van der Waals surface area contributed by atoms with Crippen molar-refractivity contribution in [3.63, 3.8) is 0 Å². The van der Waals surface area contributed by atoms with E-state index in [1.165, 1.54) is 57.8 Å². The van der Waals surface area contributed by atoms with Gasteiger partial charge in [-0.2, -0.15) is 0 Å². The van der Waals surface area contributed by atoms with Crippen molar-refractivity contribution >= 4 is 15.9 Å². The molecule has 1 aliphatic carbocycles. The molecule has 1 nitrogen and oxygen atoms in total. The predicted molar refractivity (Wildman–Crippen MR) is 67.5 cm³/mol. The summed E-state index contributed by atoms with van der Waals surface area (Å²) in [4.78, 5) is 0. The molecule has 1 aliphatic heterocycles. The molecule has 2 heteroatoms. The molecule has 1 heterocycles. The highest BCUT2D eigenvalue weighted by Crippen LogP contribution is 2.40. The number of ether oxygens (including phenoxy) is 1. The molecule has 0 aromatic heterocycles. The topological polar surface area (TPSA) is 9.23 Å². The van der Waals surface area contributed by atoms with E-state index in [4.69, 9.17) is 4.74 Å². The Morgan fingerprint density at radius 3 is 2.27 bits per heavy atom. The van der Waals surface area contributed by atoms with Gasteiger partial charge in [-0.1, -0.05) is 41.6 Å². The summed E-state index contributed by atoms with van der Waals surface area (Å²) in [5, 5.41) is 1.05. The van der Waals surface area contributed by atoms with Crippen LogP contribution in [-0.4, -0.2) is 17.5 Å². The molecule has 0 amide bonds. The van der Waals surface area contributed by atoms with Crippen molar-refractivity contribution in [2.24, 2.45) is 5.92 Å². The molecule has 1 saturated carbocycles. The maximum absolute atomic E-state index is 6.16. The van der Waals surface area contributed by atoms with Crippen molar-refractivity contribution in [1.82, 2.24) is 0 Å². The van der Waals surface area contributed by atoms with Gasteiger partial charge in [0.1, 0.15) is 0 Å². The van der Waals surface area contributed by atoms with E-state index in [9.17, 15) is 0 Å². The lowest BCUT2D eigenvalue weighted by Gasteiger charge is -2.42. The zero-order chi connectivity index (χ0) is 10.6. The van der Waals surface area contributed by atoms with E-state index in [0.29, 0.717) is 0 Å². The highest BCUT2D eigenvalue weighted by Gasteiger charge is 2.39. The molecule has 1 saturated heterocycles. The van der Waals surface area contributed by atoms with Gasteiger partial charge in [-0.15, -0.1) is 0 Å². The van der Waals surface area contributed by atoms with Crippen molar-refractivity contribution < 1.29 is 4.74 Å². The summed E-state index contributed by atoms with van der Waals surface area (Å²) < 4.78 is 6.16. The van der Waals surface area contributed by atoms with E-state index >= 15 is 0 Å². The van der Waals surface area contributed by atoms with E-state index in [2.05, 4.69) is 15.9 Å². The maximum atomic E-state index is 6.16. The average Bonchev–Trinajstić information content (AvgIpc) is 2.59. The molecule has 15 heavy (non-hydrogen) atoms. The summed E-state index contributed by atoms with van der Waals surface area (Å²) >= 11 is 3.70. The first-order valence-electron chi connectivity index (χ1n) is 6.57. The summed E-state index contributed by atoms with van der Waals surface area (Å²) in [6.07, 6.45) is 12.4. The normalized spacial score (nSPS) is 35.0. The number of hydrogen-bond acceptors (Lipinski definition) is 1. The lowest BCUT2D eigenvalue weighted by Crippen LogP contribution is -2.45. The first kappa shape index (κ1) is 11.9. The second-order valence-corrected chi connectivity index (χ2v) is 5.75. The monoisotopic (exact) mass is 274 g/mol. The van der Waals surface area contributed by atoms with E-state index in [-0.39, 0.29) is 5.60 Å². The van der Waals surface area contributed by atoms with Crippen LogP contribution in [0.2, 0.25) is 0 Å². The minimum absolute atomic E-state index is 0.197. The van der Waals surface area contributed by atoms with Crippen LogP contribution in [0.5, 0.6) is 0 Å². The molecule has 0 aromatic carbocycles. The Bertz CT molecular complexity index is 179. The highest BCUT2D eigenvalue weighted by molar-refractivity contribution is 9.09. The van der Waals surface area contributed by atoms with Crippen LogP contribution in [0.1, 0.15) is 57.8 Å². The smallest absolute Gasteiger partial charge is 0.0806 e. The Balaban J connectivity index is 2.01. The summed E-state index contributed by atoms with van der Waals surface area (Å²) in [5.74, 6) is 0.819. The third-order valence-corrected chi connectivity index (χ3v) is 5.16. The van der Waals surface area contributed by atoms with Gasteiger partial charge in [-0.3, -0.25) is 0 Å². The van der Waals surface area contributed by atoms with Gasteiger partial charge in [0, 0.05) is 11.9 Å². The minimum atomic E-state index is 0.197. The van der Waals surface area contributed by atoms with Gasteiger partial charge < -0.3 is 4.74 Å². The fourth-order valence-electron chi connectivity index (χ4n) is 3.22. The van der Waals surface area contributed by atoms with Gasteiger partial charge in [-0.25, -0.2) is 0 Å². The third-order valence-electron chi connectivity index (χ3n) is 4.21. The van der Waals surface area contributed by atoms with Crippen LogP contribution in [-0.2, 0) is 4.74 Å². The predicted octanol–water partition coefficient (Wildman–Crippen LogP) is 4.29. The van der Waals surface area contributed by atoms with Crippen LogP contribution in [0, 0.1) is 5.92 Å². The van der Waals surface area contributed by atoms with E-state index in [0.717, 1.165) is 17.9 Å². The summed E-state index contributed by atoms with van der Waals surface area (Å²) in [6, 6.07) is 0. The minimum Gasteiger partial charge on any atom is -0.374 e. The second kappa shape index (κ2) is 5.67. The summed E-state index contributed by atoms with van der Waals surface area (Å²) in [7, 11) is 0. The van der Waals surface area contributed by atoms with Gasteiger partial charge in [0.15, 0.2) is 0 Å². The number of hydrogen-bond donors (Lipinski definition) is 0. The van der Waals surface area contributed by atoms with Crippen LogP contribution in [0.4, 0.5) is 0 Å². The molecular formula is C13H23BrO. The zero-order valence-corrected chi connectivity index (χ0v) is 11.2. The molecule has 0 radical (unpaired) electrons. The Morgan fingerprint density at radius 2 is 1.73 bits per heavy atom. The Hall–Kier alpha value is 0.440. The van der Waals surface area contributed by atoms with Crippen LogP contribution < -0.4 is 0 Å². The molecule has 0 N–H and O–H groups in total. The first-order valence-corrected chi connectivity index (χ1v) is 7.69. The number of alkyl halides is 1. The van der Waals surface area contributed by atoms with Crippen molar-refractivity contribution in [2.45, 2.75) is 63.4 Å². The van der Waals surface area contributed by atoms with Gasteiger partial charge in [-0.05, 0) is 38.0 Å². The fraction of sp³-hybridized carbons (Fsp3) is 1.00. The van der Waals surface area contributed by atoms with Crippen molar-refractivity contribution in [3.05, 3.63) is 0 Å². The van der Waals surface area contributed by atoms with E-state index in [1.807, 2.05) is 0 Å². The van der Waals surface area contributed by atoms with Crippen LogP contribution in [0.25, 0.3) is 0 Å². The third kappa shape index (κ3) is 2.76. The van der Waals surface area contributed by atoms with Crippen molar-refractivity contribution in [1.29, 1.82) is 0 Å². The SMILES string of the molecule is BrCC1(C2CCCCCC2)CCCCO1. The Kier molecular flexibility index (Phi) is 4.51. The van der Waals surface area contributed by atoms with Gasteiger partial charge in [0.05, 0.1) is 5.60 Å². The van der Waals surface area contributed by atoms with Crippen molar-refractivity contribution in [3.8, 4) is 0 Å². The highest BCUT2D eigenvalue weighted by atomic mass is 79.9. The van der Waals surface area contributed by atoms with Crippen LogP contribution >= 0.6 is 15.9 Å². The molecule has 88 valence electrons. The maximum Gasteiger partial charge on any atom is 0.0806 e. The lowest BCUT2D eigenvalue weighted by molar-refractivity contribution is -0.102.